The smallest absolute Gasteiger partial charge is 0.414 e. The van der Waals surface area contributed by atoms with Crippen LogP contribution in [0.1, 0.15) is 15.9 Å². The third kappa shape index (κ3) is 3.17. The normalized spacial score (nSPS) is 10.3. The Morgan fingerprint density at radius 3 is 2.54 bits per heavy atom. The van der Waals surface area contributed by atoms with Crippen molar-refractivity contribution >= 4 is 29.2 Å². The van der Waals surface area contributed by atoms with Crippen LogP contribution in [0.4, 0.5) is 10.7 Å². The van der Waals surface area contributed by atoms with Crippen LogP contribution in [0.3, 0.4) is 0 Å². The first-order chi connectivity index (χ1) is 11.7. The van der Waals surface area contributed by atoms with Crippen molar-refractivity contribution in [3.05, 3.63) is 75.9 Å². The van der Waals surface area contributed by atoms with E-state index in [9.17, 15) is 14.4 Å². The Morgan fingerprint density at radius 2 is 1.79 bits per heavy atom. The highest BCUT2D eigenvalue weighted by Gasteiger charge is 2.16. The second kappa shape index (κ2) is 6.78. The molecule has 0 unspecified atom stereocenters. The molecule has 1 amide bonds. The number of rotatable bonds is 4. The van der Waals surface area contributed by atoms with Crippen molar-refractivity contribution in [3.63, 3.8) is 0 Å². The molecule has 3 rings (SSSR count). The average Bonchev–Trinajstić information content (AvgIpc) is 2.61. The van der Waals surface area contributed by atoms with E-state index in [1.807, 2.05) is 18.2 Å². The highest BCUT2D eigenvalue weighted by atomic mass is 16.5. The maximum atomic E-state index is 12.3. The summed E-state index contributed by atoms with van der Waals surface area (Å²) in [4.78, 5) is 35.3. The maximum absolute atomic E-state index is 12.3. The van der Waals surface area contributed by atoms with Gasteiger partial charge in [-0.25, -0.2) is 4.79 Å². The Kier molecular flexibility index (Phi) is 4.38. The van der Waals surface area contributed by atoms with Gasteiger partial charge in [-0.2, -0.15) is 0 Å². The molecule has 0 aliphatic carbocycles. The molecular weight excluding hydrogens is 310 g/mol. The number of anilines is 1. The quantitative estimate of drug-likeness (QED) is 0.744. The summed E-state index contributed by atoms with van der Waals surface area (Å²) in [5.41, 5.74) is 0.310. The van der Waals surface area contributed by atoms with Crippen LogP contribution in [0.2, 0.25) is 0 Å². The summed E-state index contributed by atoms with van der Waals surface area (Å²) in [7, 11) is 0. The molecule has 0 aliphatic heterocycles. The Morgan fingerprint density at radius 1 is 1.08 bits per heavy atom. The lowest BCUT2D eigenvalue weighted by atomic mass is 10.2. The molecule has 0 bridgehead atoms. The maximum Gasteiger partial charge on any atom is 0.414 e. The van der Waals surface area contributed by atoms with E-state index in [0.717, 1.165) is 5.56 Å². The van der Waals surface area contributed by atoms with Crippen molar-refractivity contribution in [2.24, 2.45) is 0 Å². The fraction of sp³-hybridized carbons (Fsp3) is 0.0556. The van der Waals surface area contributed by atoms with Gasteiger partial charge in [0.2, 0.25) is 11.3 Å². The van der Waals surface area contributed by atoms with Crippen LogP contribution in [-0.2, 0) is 11.3 Å². The van der Waals surface area contributed by atoms with Crippen molar-refractivity contribution < 1.29 is 18.7 Å². The summed E-state index contributed by atoms with van der Waals surface area (Å²) < 4.78 is 10.5. The van der Waals surface area contributed by atoms with E-state index in [-0.39, 0.29) is 29.0 Å². The van der Waals surface area contributed by atoms with Gasteiger partial charge in [0.15, 0.2) is 6.29 Å². The fourth-order valence-electron chi connectivity index (χ4n) is 2.21. The van der Waals surface area contributed by atoms with E-state index in [2.05, 4.69) is 5.32 Å². The van der Waals surface area contributed by atoms with Gasteiger partial charge in [-0.05, 0) is 17.7 Å². The van der Waals surface area contributed by atoms with Crippen LogP contribution in [-0.4, -0.2) is 12.4 Å². The van der Waals surface area contributed by atoms with E-state index in [1.165, 1.54) is 0 Å². The second-order valence-corrected chi connectivity index (χ2v) is 4.97. The summed E-state index contributed by atoms with van der Waals surface area (Å²) in [5.74, 6) is -0.230. The molecule has 0 aliphatic rings. The molecule has 0 fully saturated rings. The first-order valence-corrected chi connectivity index (χ1v) is 7.18. The Bertz CT molecular complexity index is 947. The molecule has 0 saturated heterocycles. The van der Waals surface area contributed by atoms with E-state index >= 15 is 0 Å². The lowest BCUT2D eigenvalue weighted by Gasteiger charge is -2.08. The van der Waals surface area contributed by atoms with Gasteiger partial charge in [0, 0.05) is 0 Å². The van der Waals surface area contributed by atoms with E-state index in [1.54, 1.807) is 36.4 Å². The number of ether oxygens (including phenoxy) is 1. The first-order valence-electron chi connectivity index (χ1n) is 7.18. The molecule has 0 atom stereocenters. The SMILES string of the molecule is O=Cc1c(NC(=O)OCc2ccccc2)oc2ccccc2c1=O. The van der Waals surface area contributed by atoms with E-state index in [0.29, 0.717) is 6.29 Å². The minimum absolute atomic E-state index is 0.0565. The Balaban J connectivity index is 1.82. The van der Waals surface area contributed by atoms with Gasteiger partial charge in [-0.1, -0.05) is 42.5 Å². The minimum Gasteiger partial charge on any atom is -0.444 e. The molecule has 0 saturated carbocycles. The predicted octanol–water partition coefficient (Wildman–Crippen LogP) is 3.35. The molecule has 6 nitrogen and oxygen atoms in total. The van der Waals surface area contributed by atoms with Gasteiger partial charge < -0.3 is 9.15 Å². The third-order valence-electron chi connectivity index (χ3n) is 3.38. The molecule has 120 valence electrons. The minimum atomic E-state index is -0.819. The monoisotopic (exact) mass is 323 g/mol. The lowest BCUT2D eigenvalue weighted by molar-refractivity contribution is 0.112. The van der Waals surface area contributed by atoms with Crippen molar-refractivity contribution in [1.29, 1.82) is 0 Å². The molecular formula is C18H13NO5. The first kappa shape index (κ1) is 15.5. The molecule has 3 aromatic rings. The summed E-state index contributed by atoms with van der Waals surface area (Å²) >= 11 is 0. The number of carbonyl (C=O) groups excluding carboxylic acids is 2. The van der Waals surface area contributed by atoms with Crippen LogP contribution >= 0.6 is 0 Å². The standard InChI is InChI=1S/C18H13NO5/c20-10-14-16(21)13-8-4-5-9-15(13)24-17(14)19-18(22)23-11-12-6-2-1-3-7-12/h1-10H,11H2,(H,19,22). The number of para-hydroxylation sites is 1. The second-order valence-electron chi connectivity index (χ2n) is 4.97. The number of carbonyl (C=O) groups is 2. The van der Waals surface area contributed by atoms with Crippen molar-refractivity contribution in [2.75, 3.05) is 5.32 Å². The molecule has 1 heterocycles. The van der Waals surface area contributed by atoms with Crippen LogP contribution in [0.5, 0.6) is 0 Å². The van der Waals surface area contributed by atoms with Gasteiger partial charge in [0.25, 0.3) is 0 Å². The third-order valence-corrected chi connectivity index (χ3v) is 3.38. The summed E-state index contributed by atoms with van der Waals surface area (Å²) in [6.45, 7) is 0.0565. The summed E-state index contributed by atoms with van der Waals surface area (Å²) in [5, 5.41) is 2.57. The van der Waals surface area contributed by atoms with Gasteiger partial charge >= 0.3 is 6.09 Å². The van der Waals surface area contributed by atoms with Crippen LogP contribution in [0.15, 0.2) is 63.8 Å². The Hall–Kier alpha value is -3.41. The summed E-state index contributed by atoms with van der Waals surface area (Å²) in [6.07, 6.45) is -0.467. The van der Waals surface area contributed by atoms with E-state index in [4.69, 9.17) is 9.15 Å². The molecule has 2 aromatic carbocycles. The van der Waals surface area contributed by atoms with E-state index < -0.39 is 11.5 Å². The largest absolute Gasteiger partial charge is 0.444 e. The van der Waals surface area contributed by atoms with Gasteiger partial charge in [-0.15, -0.1) is 0 Å². The zero-order chi connectivity index (χ0) is 16.9. The van der Waals surface area contributed by atoms with Crippen molar-refractivity contribution in [3.8, 4) is 0 Å². The Labute approximate surface area is 136 Å². The van der Waals surface area contributed by atoms with Gasteiger partial charge in [-0.3, -0.25) is 14.9 Å². The number of nitrogens with one attached hydrogen (secondary N) is 1. The number of benzene rings is 2. The lowest BCUT2D eigenvalue weighted by Crippen LogP contribution is -2.18. The molecule has 6 heteroatoms. The molecule has 1 N–H and O–H groups in total. The zero-order valence-corrected chi connectivity index (χ0v) is 12.5. The van der Waals surface area contributed by atoms with Crippen LogP contribution in [0, 0.1) is 0 Å². The van der Waals surface area contributed by atoms with Gasteiger partial charge in [0.05, 0.1) is 5.39 Å². The zero-order valence-electron chi connectivity index (χ0n) is 12.5. The number of hydrogen-bond donors (Lipinski definition) is 1. The molecule has 0 spiro atoms. The number of fused-ring (bicyclic) bond motifs is 1. The fourth-order valence-corrected chi connectivity index (χ4v) is 2.21. The number of aldehydes is 1. The van der Waals surface area contributed by atoms with Crippen LogP contribution in [0.25, 0.3) is 11.0 Å². The van der Waals surface area contributed by atoms with Crippen molar-refractivity contribution in [2.45, 2.75) is 6.61 Å². The van der Waals surface area contributed by atoms with Gasteiger partial charge in [0.1, 0.15) is 17.8 Å². The van der Waals surface area contributed by atoms with Crippen LogP contribution < -0.4 is 10.7 Å². The molecule has 1 aromatic heterocycles. The topological polar surface area (TPSA) is 85.6 Å². The average molecular weight is 323 g/mol. The van der Waals surface area contributed by atoms with Crippen molar-refractivity contribution in [1.82, 2.24) is 0 Å². The summed E-state index contributed by atoms with van der Waals surface area (Å²) in [6, 6.07) is 15.6. The molecule has 24 heavy (non-hydrogen) atoms. The predicted molar refractivity (Wildman–Crippen MR) is 88.1 cm³/mol. The number of amides is 1. The molecule has 0 radical (unpaired) electrons. The number of hydrogen-bond acceptors (Lipinski definition) is 5. The highest BCUT2D eigenvalue weighted by Crippen LogP contribution is 2.19. The highest BCUT2D eigenvalue weighted by molar-refractivity contribution is 5.94.